The Morgan fingerprint density at radius 3 is 2.56 bits per heavy atom. The Kier molecular flexibility index (Phi) is 4.63. The fourth-order valence-corrected chi connectivity index (χ4v) is 1.76. The van der Waals surface area contributed by atoms with E-state index in [9.17, 15) is 15.0 Å². The normalized spacial score (nSPS) is 39.4. The molecule has 0 aromatic heterocycles. The second-order valence-corrected chi connectivity index (χ2v) is 3.66. The summed E-state index contributed by atoms with van der Waals surface area (Å²) in [4.78, 5) is 10.9. The smallest absolute Gasteiger partial charge is 0.217 e. The van der Waals surface area contributed by atoms with Gasteiger partial charge < -0.3 is 30.1 Å². The highest BCUT2D eigenvalue weighted by molar-refractivity contribution is 5.73. The SMILES string of the molecule is CO[C@H]1[C@H](O)[C@@H](CO)O[C@H](O)[C@@H]1NC(C)=O. The number of aliphatic hydroxyl groups excluding tert-OH is 3. The molecular formula is C9H17NO6. The third kappa shape index (κ3) is 2.69. The first-order valence-corrected chi connectivity index (χ1v) is 4.93. The summed E-state index contributed by atoms with van der Waals surface area (Å²) in [7, 11) is 1.34. The zero-order valence-corrected chi connectivity index (χ0v) is 9.16. The highest BCUT2D eigenvalue weighted by Crippen LogP contribution is 2.21. The number of carbonyl (C=O) groups excluding carboxylic acids is 1. The molecule has 1 heterocycles. The van der Waals surface area contributed by atoms with Crippen LogP contribution in [0.15, 0.2) is 0 Å². The molecule has 1 fully saturated rings. The van der Waals surface area contributed by atoms with Gasteiger partial charge in [0.2, 0.25) is 5.91 Å². The number of amides is 1. The average Bonchev–Trinajstić information content (AvgIpc) is 2.23. The molecule has 1 rings (SSSR count). The molecule has 0 aromatic rings. The van der Waals surface area contributed by atoms with E-state index in [1.165, 1.54) is 14.0 Å². The Hall–Kier alpha value is -0.730. The first kappa shape index (κ1) is 13.3. The fraction of sp³-hybridized carbons (Fsp3) is 0.889. The van der Waals surface area contributed by atoms with Crippen LogP contribution in [-0.2, 0) is 14.3 Å². The molecule has 0 spiro atoms. The predicted octanol–water partition coefficient (Wildman–Crippen LogP) is -2.42. The minimum Gasteiger partial charge on any atom is -0.394 e. The lowest BCUT2D eigenvalue weighted by Crippen LogP contribution is -2.64. The molecular weight excluding hydrogens is 218 g/mol. The zero-order chi connectivity index (χ0) is 12.3. The molecule has 5 atom stereocenters. The van der Waals surface area contributed by atoms with Crippen molar-refractivity contribution in [2.45, 2.75) is 37.6 Å². The number of hydrogen-bond donors (Lipinski definition) is 4. The lowest BCUT2D eigenvalue weighted by Gasteiger charge is -2.41. The van der Waals surface area contributed by atoms with Gasteiger partial charge in [0.15, 0.2) is 6.29 Å². The van der Waals surface area contributed by atoms with Crippen LogP contribution < -0.4 is 5.32 Å². The molecule has 0 aromatic carbocycles. The van der Waals surface area contributed by atoms with E-state index in [0.29, 0.717) is 0 Å². The zero-order valence-electron chi connectivity index (χ0n) is 9.16. The van der Waals surface area contributed by atoms with Gasteiger partial charge in [-0.2, -0.15) is 0 Å². The van der Waals surface area contributed by atoms with Gasteiger partial charge >= 0.3 is 0 Å². The van der Waals surface area contributed by atoms with E-state index in [2.05, 4.69) is 5.32 Å². The number of nitrogens with one attached hydrogen (secondary N) is 1. The second-order valence-electron chi connectivity index (χ2n) is 3.66. The fourth-order valence-electron chi connectivity index (χ4n) is 1.76. The Morgan fingerprint density at radius 1 is 1.50 bits per heavy atom. The molecule has 0 unspecified atom stereocenters. The van der Waals surface area contributed by atoms with Crippen molar-refractivity contribution in [2.24, 2.45) is 0 Å². The van der Waals surface area contributed by atoms with Crippen LogP contribution in [0.2, 0.25) is 0 Å². The Labute approximate surface area is 93.0 Å². The van der Waals surface area contributed by atoms with Crippen LogP contribution in [0.25, 0.3) is 0 Å². The van der Waals surface area contributed by atoms with Crippen LogP contribution in [0.4, 0.5) is 0 Å². The summed E-state index contributed by atoms with van der Waals surface area (Å²) in [5.41, 5.74) is 0. The molecule has 1 amide bonds. The summed E-state index contributed by atoms with van der Waals surface area (Å²) in [6.07, 6.45) is -4.19. The molecule has 7 heteroatoms. The van der Waals surface area contributed by atoms with Crippen LogP contribution in [-0.4, -0.2) is 65.6 Å². The topological polar surface area (TPSA) is 108 Å². The van der Waals surface area contributed by atoms with Gasteiger partial charge in [0.25, 0.3) is 0 Å². The number of aliphatic hydroxyl groups is 3. The Morgan fingerprint density at radius 2 is 2.12 bits per heavy atom. The molecule has 1 aliphatic heterocycles. The minimum atomic E-state index is -1.32. The Bertz CT molecular complexity index is 248. The minimum absolute atomic E-state index is 0.371. The Balaban J connectivity index is 2.78. The van der Waals surface area contributed by atoms with Gasteiger partial charge in [0, 0.05) is 14.0 Å². The maximum atomic E-state index is 10.9. The van der Waals surface area contributed by atoms with Crippen molar-refractivity contribution in [1.29, 1.82) is 0 Å². The van der Waals surface area contributed by atoms with Gasteiger partial charge in [-0.15, -0.1) is 0 Å². The summed E-state index contributed by atoms with van der Waals surface area (Å²) in [6.45, 7) is 0.842. The molecule has 0 aliphatic carbocycles. The average molecular weight is 235 g/mol. The molecule has 1 saturated heterocycles. The van der Waals surface area contributed by atoms with Crippen molar-refractivity contribution in [3.63, 3.8) is 0 Å². The van der Waals surface area contributed by atoms with Gasteiger partial charge in [-0.3, -0.25) is 4.79 Å². The van der Waals surface area contributed by atoms with Crippen LogP contribution >= 0.6 is 0 Å². The van der Waals surface area contributed by atoms with Crippen molar-refractivity contribution < 1.29 is 29.6 Å². The molecule has 16 heavy (non-hydrogen) atoms. The highest BCUT2D eigenvalue weighted by atomic mass is 16.6. The lowest BCUT2D eigenvalue weighted by atomic mass is 9.97. The number of ether oxygens (including phenoxy) is 2. The standard InChI is InChI=1S/C9H17NO6/c1-4(12)10-6-8(15-2)7(13)5(3-11)16-9(6)14/h5-9,11,13-14H,3H2,1-2H3,(H,10,12)/t5-,6-,7-,8-,9+/m1/s1. The maximum Gasteiger partial charge on any atom is 0.217 e. The summed E-state index contributed by atoms with van der Waals surface area (Å²) in [6, 6.07) is -0.861. The van der Waals surface area contributed by atoms with Gasteiger partial charge in [-0.05, 0) is 0 Å². The van der Waals surface area contributed by atoms with Gasteiger partial charge in [0.1, 0.15) is 24.4 Å². The van der Waals surface area contributed by atoms with Crippen LogP contribution in [0, 0.1) is 0 Å². The van der Waals surface area contributed by atoms with Gasteiger partial charge in [-0.25, -0.2) is 0 Å². The third-order valence-electron chi connectivity index (χ3n) is 2.51. The summed E-state index contributed by atoms with van der Waals surface area (Å²) in [5, 5.41) is 30.7. The number of methoxy groups -OCH3 is 1. The van der Waals surface area contributed by atoms with Crippen molar-refractivity contribution in [3.05, 3.63) is 0 Å². The van der Waals surface area contributed by atoms with Crippen LogP contribution in [0.1, 0.15) is 6.92 Å². The summed E-state index contributed by atoms with van der Waals surface area (Å²) in [5.74, 6) is -0.371. The van der Waals surface area contributed by atoms with Crippen molar-refractivity contribution in [1.82, 2.24) is 5.32 Å². The van der Waals surface area contributed by atoms with E-state index < -0.39 is 37.3 Å². The molecule has 94 valence electrons. The largest absolute Gasteiger partial charge is 0.394 e. The lowest BCUT2D eigenvalue weighted by molar-refractivity contribution is -0.258. The first-order chi connectivity index (χ1) is 7.51. The van der Waals surface area contributed by atoms with Crippen molar-refractivity contribution in [2.75, 3.05) is 13.7 Å². The summed E-state index contributed by atoms with van der Waals surface area (Å²) >= 11 is 0. The van der Waals surface area contributed by atoms with Crippen LogP contribution in [0.3, 0.4) is 0 Å². The second kappa shape index (κ2) is 5.55. The molecule has 4 N–H and O–H groups in total. The van der Waals surface area contributed by atoms with E-state index >= 15 is 0 Å². The number of carbonyl (C=O) groups is 1. The molecule has 0 bridgehead atoms. The van der Waals surface area contributed by atoms with Crippen molar-refractivity contribution in [3.8, 4) is 0 Å². The first-order valence-electron chi connectivity index (χ1n) is 4.93. The monoisotopic (exact) mass is 235 g/mol. The summed E-state index contributed by atoms with van der Waals surface area (Å²) < 4.78 is 9.96. The molecule has 1 aliphatic rings. The van der Waals surface area contributed by atoms with Gasteiger partial charge in [-0.1, -0.05) is 0 Å². The predicted molar refractivity (Wildman–Crippen MR) is 52.4 cm³/mol. The molecule has 0 saturated carbocycles. The number of hydrogen-bond acceptors (Lipinski definition) is 6. The van der Waals surface area contributed by atoms with E-state index in [0.717, 1.165) is 0 Å². The molecule has 0 radical (unpaired) electrons. The van der Waals surface area contributed by atoms with E-state index in [1.54, 1.807) is 0 Å². The van der Waals surface area contributed by atoms with Crippen molar-refractivity contribution >= 4 is 5.91 Å². The molecule has 7 nitrogen and oxygen atoms in total. The van der Waals surface area contributed by atoms with Gasteiger partial charge in [0.05, 0.1) is 6.61 Å². The van der Waals surface area contributed by atoms with E-state index in [4.69, 9.17) is 14.6 Å². The third-order valence-corrected chi connectivity index (χ3v) is 2.51. The van der Waals surface area contributed by atoms with E-state index in [1.807, 2.05) is 0 Å². The highest BCUT2D eigenvalue weighted by Gasteiger charge is 2.45. The van der Waals surface area contributed by atoms with E-state index in [-0.39, 0.29) is 5.91 Å². The maximum absolute atomic E-state index is 10.9. The van der Waals surface area contributed by atoms with Crippen LogP contribution in [0.5, 0.6) is 0 Å². The number of rotatable bonds is 3. The quantitative estimate of drug-likeness (QED) is 0.433.